The van der Waals surface area contributed by atoms with Gasteiger partial charge in [-0.25, -0.2) is 23.2 Å². The molecule has 23 heavy (non-hydrogen) atoms. The summed E-state index contributed by atoms with van der Waals surface area (Å²) >= 11 is 6.16. The zero-order chi connectivity index (χ0) is 16.8. The van der Waals surface area contributed by atoms with Crippen LogP contribution in [0.1, 0.15) is 5.56 Å². The van der Waals surface area contributed by atoms with Crippen molar-refractivity contribution in [3.63, 3.8) is 0 Å². The molecule has 120 valence electrons. The Kier molecular flexibility index (Phi) is 3.73. The van der Waals surface area contributed by atoms with Crippen LogP contribution >= 0.6 is 11.6 Å². The molecule has 0 saturated heterocycles. The first kappa shape index (κ1) is 15.7. The number of anilines is 2. The number of hydrogen-bond donors (Lipinski definition) is 0. The Morgan fingerprint density at radius 3 is 2.61 bits per heavy atom. The molecule has 3 rings (SSSR count). The van der Waals surface area contributed by atoms with Crippen molar-refractivity contribution in [1.29, 1.82) is 0 Å². The minimum absolute atomic E-state index is 0.215. The number of benzene rings is 1. The van der Waals surface area contributed by atoms with E-state index < -0.39 is 9.84 Å². The van der Waals surface area contributed by atoms with Gasteiger partial charge in [0.05, 0.1) is 17.3 Å². The van der Waals surface area contributed by atoms with Gasteiger partial charge in [-0.15, -0.1) is 0 Å². The first-order chi connectivity index (χ1) is 10.8. The molecule has 0 spiro atoms. The molecule has 0 unspecified atom stereocenters. The lowest BCUT2D eigenvalue weighted by molar-refractivity contribution is 0.251. The second-order valence-corrected chi connectivity index (χ2v) is 7.47. The summed E-state index contributed by atoms with van der Waals surface area (Å²) < 4.78 is 23.2. The molecule has 0 saturated carbocycles. The SMILES string of the molecule is CN1C(=O)N(c2ccccc2Cl)Cc2cnc(S(C)(=O)=O)nc21. The summed E-state index contributed by atoms with van der Waals surface area (Å²) in [5, 5.41) is 0.147. The lowest BCUT2D eigenvalue weighted by atomic mass is 10.2. The lowest BCUT2D eigenvalue weighted by Crippen LogP contribution is -2.46. The quantitative estimate of drug-likeness (QED) is 0.773. The van der Waals surface area contributed by atoms with Crippen LogP contribution in [-0.2, 0) is 16.4 Å². The summed E-state index contributed by atoms with van der Waals surface area (Å²) in [4.78, 5) is 23.3. The number of carbonyl (C=O) groups is 1. The van der Waals surface area contributed by atoms with E-state index in [9.17, 15) is 13.2 Å². The maximum absolute atomic E-state index is 12.6. The molecule has 0 atom stereocenters. The van der Waals surface area contributed by atoms with E-state index >= 15 is 0 Å². The minimum atomic E-state index is -3.54. The van der Waals surface area contributed by atoms with Crippen LogP contribution in [0.25, 0.3) is 0 Å². The first-order valence-electron chi connectivity index (χ1n) is 6.65. The van der Waals surface area contributed by atoms with Gasteiger partial charge in [-0.3, -0.25) is 9.80 Å². The van der Waals surface area contributed by atoms with Crippen LogP contribution in [0.2, 0.25) is 5.02 Å². The Bertz CT molecular complexity index is 901. The number of amides is 2. The fourth-order valence-corrected chi connectivity index (χ4v) is 3.07. The molecule has 1 aliphatic heterocycles. The number of carbonyl (C=O) groups excluding carboxylic acids is 1. The molecule has 1 aromatic carbocycles. The second-order valence-electron chi connectivity index (χ2n) is 5.15. The Morgan fingerprint density at radius 2 is 1.96 bits per heavy atom. The number of aromatic nitrogens is 2. The molecule has 2 aromatic rings. The van der Waals surface area contributed by atoms with E-state index in [1.165, 1.54) is 23.0 Å². The maximum Gasteiger partial charge on any atom is 0.330 e. The van der Waals surface area contributed by atoms with E-state index in [0.29, 0.717) is 16.3 Å². The largest absolute Gasteiger partial charge is 0.330 e. The van der Waals surface area contributed by atoms with Crippen molar-refractivity contribution in [3.05, 3.63) is 41.0 Å². The highest BCUT2D eigenvalue weighted by atomic mass is 35.5. The molecule has 0 aliphatic carbocycles. The van der Waals surface area contributed by atoms with Crippen molar-refractivity contribution in [3.8, 4) is 0 Å². The van der Waals surface area contributed by atoms with Crippen LogP contribution in [0, 0.1) is 0 Å². The summed E-state index contributed by atoms with van der Waals surface area (Å²) in [6, 6.07) is 6.66. The van der Waals surface area contributed by atoms with Gasteiger partial charge in [-0.2, -0.15) is 0 Å². The molecule has 0 bridgehead atoms. The highest BCUT2D eigenvalue weighted by Crippen LogP contribution is 2.33. The minimum Gasteiger partial charge on any atom is -0.288 e. The highest BCUT2D eigenvalue weighted by molar-refractivity contribution is 7.90. The van der Waals surface area contributed by atoms with E-state index in [1.807, 2.05) is 0 Å². The number of hydrogen-bond acceptors (Lipinski definition) is 5. The van der Waals surface area contributed by atoms with Crippen LogP contribution in [-0.4, -0.2) is 37.7 Å². The molecule has 2 heterocycles. The third-order valence-corrected chi connectivity index (χ3v) is 4.64. The van der Waals surface area contributed by atoms with Crippen molar-refractivity contribution in [1.82, 2.24) is 9.97 Å². The van der Waals surface area contributed by atoms with Gasteiger partial charge in [0.1, 0.15) is 5.82 Å². The van der Waals surface area contributed by atoms with Crippen molar-refractivity contribution in [2.75, 3.05) is 23.1 Å². The Hall–Kier alpha value is -2.19. The third-order valence-electron chi connectivity index (χ3n) is 3.46. The third kappa shape index (κ3) is 2.75. The van der Waals surface area contributed by atoms with Crippen LogP contribution in [0.5, 0.6) is 0 Å². The highest BCUT2D eigenvalue weighted by Gasteiger charge is 2.32. The zero-order valence-corrected chi connectivity index (χ0v) is 14.0. The van der Waals surface area contributed by atoms with Gasteiger partial charge in [-0.05, 0) is 12.1 Å². The number of rotatable bonds is 2. The van der Waals surface area contributed by atoms with Crippen molar-refractivity contribution in [2.45, 2.75) is 11.7 Å². The maximum atomic E-state index is 12.6. The van der Waals surface area contributed by atoms with Crippen molar-refractivity contribution in [2.24, 2.45) is 0 Å². The van der Waals surface area contributed by atoms with Crippen molar-refractivity contribution >= 4 is 39.0 Å². The Labute approximate surface area is 138 Å². The average Bonchev–Trinajstić information content (AvgIpc) is 2.50. The molecule has 0 N–H and O–H groups in total. The van der Waals surface area contributed by atoms with E-state index in [2.05, 4.69) is 9.97 Å². The Morgan fingerprint density at radius 1 is 1.26 bits per heavy atom. The standard InChI is InChI=1S/C14H13ClN4O3S/c1-18-12-9(7-16-13(17-12)23(2,21)22)8-19(14(18)20)11-6-4-3-5-10(11)15/h3-7H,8H2,1-2H3. The molecule has 2 amide bonds. The van der Waals surface area contributed by atoms with Crippen LogP contribution in [0.15, 0.2) is 35.6 Å². The first-order valence-corrected chi connectivity index (χ1v) is 8.91. The monoisotopic (exact) mass is 352 g/mol. The second kappa shape index (κ2) is 5.47. The fourth-order valence-electron chi connectivity index (χ4n) is 2.33. The molecular formula is C14H13ClN4O3S. The predicted octanol–water partition coefficient (Wildman–Crippen LogP) is 2.11. The topological polar surface area (TPSA) is 83.5 Å². The van der Waals surface area contributed by atoms with Crippen LogP contribution < -0.4 is 9.80 Å². The summed E-state index contributed by atoms with van der Waals surface area (Å²) in [6.07, 6.45) is 2.45. The summed E-state index contributed by atoms with van der Waals surface area (Å²) in [5.74, 6) is 0.286. The molecule has 1 aromatic heterocycles. The molecule has 0 radical (unpaired) electrons. The smallest absolute Gasteiger partial charge is 0.288 e. The molecular weight excluding hydrogens is 340 g/mol. The summed E-state index contributed by atoms with van der Waals surface area (Å²) in [6.45, 7) is 0.215. The van der Waals surface area contributed by atoms with Crippen molar-refractivity contribution < 1.29 is 13.2 Å². The van der Waals surface area contributed by atoms with Gasteiger partial charge >= 0.3 is 6.03 Å². The number of nitrogens with zero attached hydrogens (tertiary/aromatic N) is 4. The summed E-state index contributed by atoms with van der Waals surface area (Å²) in [5.41, 5.74) is 1.21. The number of sulfone groups is 1. The normalized spacial score (nSPS) is 14.8. The van der Waals surface area contributed by atoms with Gasteiger partial charge in [0.15, 0.2) is 0 Å². The van der Waals surface area contributed by atoms with Gasteiger partial charge < -0.3 is 0 Å². The van der Waals surface area contributed by atoms with E-state index in [-0.39, 0.29) is 23.6 Å². The average molecular weight is 353 g/mol. The number of fused-ring (bicyclic) bond motifs is 1. The number of urea groups is 1. The molecule has 9 heteroatoms. The lowest BCUT2D eigenvalue weighted by Gasteiger charge is -2.34. The van der Waals surface area contributed by atoms with E-state index in [1.54, 1.807) is 24.3 Å². The van der Waals surface area contributed by atoms with Gasteiger partial charge in [0.25, 0.3) is 0 Å². The molecule has 1 aliphatic rings. The Balaban J connectivity index is 2.08. The van der Waals surface area contributed by atoms with Crippen LogP contribution in [0.4, 0.5) is 16.3 Å². The number of para-hydroxylation sites is 1. The van der Waals surface area contributed by atoms with E-state index in [0.717, 1.165) is 6.26 Å². The number of halogens is 1. The predicted molar refractivity (Wildman–Crippen MR) is 86.6 cm³/mol. The van der Waals surface area contributed by atoms with E-state index in [4.69, 9.17) is 11.6 Å². The van der Waals surface area contributed by atoms with Crippen LogP contribution in [0.3, 0.4) is 0 Å². The van der Waals surface area contributed by atoms with Gasteiger partial charge in [0, 0.05) is 25.1 Å². The van der Waals surface area contributed by atoms with Gasteiger partial charge in [0.2, 0.25) is 15.0 Å². The zero-order valence-electron chi connectivity index (χ0n) is 12.4. The molecule has 7 nitrogen and oxygen atoms in total. The summed E-state index contributed by atoms with van der Waals surface area (Å²) in [7, 11) is -2.01. The molecule has 0 fully saturated rings. The fraction of sp³-hybridized carbons (Fsp3) is 0.214. The van der Waals surface area contributed by atoms with Gasteiger partial charge in [-0.1, -0.05) is 23.7 Å².